The standard InChI is InChI=1S/C19H14O3/c20-14-15-8-7-13-18(21-16-9-3-1-4-10-16)19(15)22-17-11-5-2-6-12-17/h1-14H. The van der Waals surface area contributed by atoms with Gasteiger partial charge in [-0.3, -0.25) is 4.79 Å². The lowest BCUT2D eigenvalue weighted by molar-refractivity contribution is 0.112. The zero-order chi connectivity index (χ0) is 15.2. The molecule has 0 amide bonds. The second-order valence-corrected chi connectivity index (χ2v) is 4.62. The minimum Gasteiger partial charge on any atom is -0.453 e. The first-order valence-corrected chi connectivity index (χ1v) is 6.91. The van der Waals surface area contributed by atoms with Gasteiger partial charge in [0, 0.05) is 0 Å². The number of carbonyl (C=O) groups excluding carboxylic acids is 1. The third kappa shape index (κ3) is 3.15. The molecule has 0 saturated heterocycles. The molecular formula is C19H14O3. The molecule has 3 nitrogen and oxygen atoms in total. The molecule has 0 bridgehead atoms. The van der Waals surface area contributed by atoms with Crippen molar-refractivity contribution in [2.24, 2.45) is 0 Å². The van der Waals surface area contributed by atoms with Crippen LogP contribution in [0.15, 0.2) is 78.9 Å². The number of hydrogen-bond acceptors (Lipinski definition) is 3. The molecule has 0 atom stereocenters. The van der Waals surface area contributed by atoms with Gasteiger partial charge in [-0.15, -0.1) is 0 Å². The Labute approximate surface area is 128 Å². The van der Waals surface area contributed by atoms with E-state index in [0.717, 1.165) is 6.29 Å². The highest BCUT2D eigenvalue weighted by atomic mass is 16.5. The van der Waals surface area contributed by atoms with Crippen molar-refractivity contribution < 1.29 is 14.3 Å². The van der Waals surface area contributed by atoms with Gasteiger partial charge in [-0.2, -0.15) is 0 Å². The third-order valence-corrected chi connectivity index (χ3v) is 3.07. The second kappa shape index (κ2) is 6.59. The smallest absolute Gasteiger partial charge is 0.180 e. The Bertz CT molecular complexity index is 752. The Balaban J connectivity index is 1.97. The van der Waals surface area contributed by atoms with E-state index in [4.69, 9.17) is 9.47 Å². The first-order chi connectivity index (χ1) is 10.9. The van der Waals surface area contributed by atoms with Gasteiger partial charge in [0.2, 0.25) is 0 Å². The fourth-order valence-electron chi connectivity index (χ4n) is 2.04. The Morgan fingerprint density at radius 1 is 0.636 bits per heavy atom. The van der Waals surface area contributed by atoms with E-state index in [0.29, 0.717) is 28.6 Å². The molecule has 0 heterocycles. The summed E-state index contributed by atoms with van der Waals surface area (Å²) < 4.78 is 11.7. The maximum atomic E-state index is 11.3. The SMILES string of the molecule is O=Cc1cccc(Oc2ccccc2)c1Oc1ccccc1. The molecule has 0 spiro atoms. The Morgan fingerprint density at radius 2 is 1.23 bits per heavy atom. The van der Waals surface area contributed by atoms with Crippen molar-refractivity contribution in [3.63, 3.8) is 0 Å². The Morgan fingerprint density at radius 3 is 1.82 bits per heavy atom. The van der Waals surface area contributed by atoms with Gasteiger partial charge in [0.25, 0.3) is 0 Å². The quantitative estimate of drug-likeness (QED) is 0.614. The molecule has 3 rings (SSSR count). The Hall–Kier alpha value is -3.07. The van der Waals surface area contributed by atoms with Crippen LogP contribution in [0.25, 0.3) is 0 Å². The van der Waals surface area contributed by atoms with Crippen LogP contribution in [0.3, 0.4) is 0 Å². The molecule has 3 aromatic carbocycles. The zero-order valence-corrected chi connectivity index (χ0v) is 11.8. The van der Waals surface area contributed by atoms with Crippen LogP contribution in [0.5, 0.6) is 23.0 Å². The van der Waals surface area contributed by atoms with Crippen LogP contribution in [0, 0.1) is 0 Å². The van der Waals surface area contributed by atoms with Gasteiger partial charge in [-0.25, -0.2) is 0 Å². The van der Waals surface area contributed by atoms with Crippen molar-refractivity contribution in [2.45, 2.75) is 0 Å². The van der Waals surface area contributed by atoms with E-state index in [-0.39, 0.29) is 0 Å². The molecule has 3 heteroatoms. The number of ether oxygens (including phenoxy) is 2. The lowest BCUT2D eigenvalue weighted by atomic mass is 10.2. The van der Waals surface area contributed by atoms with Gasteiger partial charge in [0.15, 0.2) is 17.8 Å². The summed E-state index contributed by atoms with van der Waals surface area (Å²) in [6, 6.07) is 23.9. The second-order valence-electron chi connectivity index (χ2n) is 4.62. The summed E-state index contributed by atoms with van der Waals surface area (Å²) in [6.45, 7) is 0. The molecule has 3 aromatic rings. The summed E-state index contributed by atoms with van der Waals surface area (Å²) in [4.78, 5) is 11.3. The molecule has 22 heavy (non-hydrogen) atoms. The monoisotopic (exact) mass is 290 g/mol. The highest BCUT2D eigenvalue weighted by Crippen LogP contribution is 2.37. The number of para-hydroxylation sites is 3. The normalized spacial score (nSPS) is 10.0. The molecule has 0 aliphatic heterocycles. The fourth-order valence-corrected chi connectivity index (χ4v) is 2.04. The van der Waals surface area contributed by atoms with Gasteiger partial charge in [0.05, 0.1) is 5.56 Å². The first-order valence-electron chi connectivity index (χ1n) is 6.91. The van der Waals surface area contributed by atoms with Gasteiger partial charge in [-0.1, -0.05) is 42.5 Å². The first kappa shape index (κ1) is 13.9. The van der Waals surface area contributed by atoms with E-state index in [2.05, 4.69) is 0 Å². The highest BCUT2D eigenvalue weighted by Gasteiger charge is 2.12. The Kier molecular flexibility index (Phi) is 4.16. The predicted octanol–water partition coefficient (Wildman–Crippen LogP) is 5.08. The summed E-state index contributed by atoms with van der Waals surface area (Å²) in [5, 5.41) is 0. The topological polar surface area (TPSA) is 35.5 Å². The third-order valence-electron chi connectivity index (χ3n) is 3.07. The fraction of sp³-hybridized carbons (Fsp3) is 0. The molecule has 0 saturated carbocycles. The van der Waals surface area contributed by atoms with Crippen LogP contribution in [-0.2, 0) is 0 Å². The number of hydrogen-bond donors (Lipinski definition) is 0. The summed E-state index contributed by atoms with van der Waals surface area (Å²) in [5.74, 6) is 2.24. The maximum absolute atomic E-state index is 11.3. The van der Waals surface area contributed by atoms with Crippen LogP contribution in [0.2, 0.25) is 0 Å². The molecule has 0 unspecified atom stereocenters. The van der Waals surface area contributed by atoms with E-state index < -0.39 is 0 Å². The van der Waals surface area contributed by atoms with Gasteiger partial charge < -0.3 is 9.47 Å². The molecule has 0 fully saturated rings. The molecule has 0 aliphatic carbocycles. The van der Waals surface area contributed by atoms with Crippen LogP contribution in [0.1, 0.15) is 10.4 Å². The van der Waals surface area contributed by atoms with Gasteiger partial charge in [-0.05, 0) is 36.4 Å². The van der Waals surface area contributed by atoms with Gasteiger partial charge in [0.1, 0.15) is 11.5 Å². The van der Waals surface area contributed by atoms with Crippen molar-refractivity contribution in [2.75, 3.05) is 0 Å². The van der Waals surface area contributed by atoms with E-state index >= 15 is 0 Å². The van der Waals surface area contributed by atoms with Crippen molar-refractivity contribution in [3.8, 4) is 23.0 Å². The number of benzene rings is 3. The summed E-state index contributed by atoms with van der Waals surface area (Å²) in [7, 11) is 0. The van der Waals surface area contributed by atoms with Crippen LogP contribution < -0.4 is 9.47 Å². The van der Waals surface area contributed by atoms with E-state index in [9.17, 15) is 4.79 Å². The number of carbonyl (C=O) groups is 1. The van der Waals surface area contributed by atoms with Crippen molar-refractivity contribution in [1.82, 2.24) is 0 Å². The van der Waals surface area contributed by atoms with Crippen LogP contribution >= 0.6 is 0 Å². The largest absolute Gasteiger partial charge is 0.453 e. The predicted molar refractivity (Wildman–Crippen MR) is 84.9 cm³/mol. The summed E-state index contributed by atoms with van der Waals surface area (Å²) in [6.07, 6.45) is 0.760. The minimum atomic E-state index is 0.410. The molecule has 0 aliphatic rings. The lowest BCUT2D eigenvalue weighted by Gasteiger charge is -2.14. The van der Waals surface area contributed by atoms with E-state index in [1.165, 1.54) is 0 Å². The molecule has 0 aromatic heterocycles. The highest BCUT2D eigenvalue weighted by molar-refractivity contribution is 5.81. The van der Waals surface area contributed by atoms with Crippen molar-refractivity contribution in [3.05, 3.63) is 84.4 Å². The molecular weight excluding hydrogens is 276 g/mol. The van der Waals surface area contributed by atoms with Crippen molar-refractivity contribution >= 4 is 6.29 Å². The number of aldehydes is 1. The van der Waals surface area contributed by atoms with E-state index in [1.807, 2.05) is 60.7 Å². The van der Waals surface area contributed by atoms with Crippen molar-refractivity contribution in [1.29, 1.82) is 0 Å². The lowest BCUT2D eigenvalue weighted by Crippen LogP contribution is -1.94. The minimum absolute atomic E-state index is 0.410. The van der Waals surface area contributed by atoms with Crippen LogP contribution in [0.4, 0.5) is 0 Å². The summed E-state index contributed by atoms with van der Waals surface area (Å²) >= 11 is 0. The van der Waals surface area contributed by atoms with Gasteiger partial charge >= 0.3 is 0 Å². The average molecular weight is 290 g/mol. The summed E-state index contributed by atoms with van der Waals surface area (Å²) in [5.41, 5.74) is 0.442. The van der Waals surface area contributed by atoms with Crippen LogP contribution in [-0.4, -0.2) is 6.29 Å². The average Bonchev–Trinajstić information content (AvgIpc) is 2.58. The number of rotatable bonds is 5. The van der Waals surface area contributed by atoms with E-state index in [1.54, 1.807) is 18.2 Å². The molecule has 0 N–H and O–H groups in total. The maximum Gasteiger partial charge on any atom is 0.180 e. The molecule has 0 radical (unpaired) electrons. The molecule has 108 valence electrons. The zero-order valence-electron chi connectivity index (χ0n) is 11.8.